The minimum atomic E-state index is -4.35. The molecule has 2 aromatic carbocycles. The van der Waals surface area contributed by atoms with Crippen molar-refractivity contribution in [3.05, 3.63) is 64.7 Å². The van der Waals surface area contributed by atoms with Gasteiger partial charge in [-0.1, -0.05) is 12.1 Å². The van der Waals surface area contributed by atoms with Crippen molar-refractivity contribution in [3.8, 4) is 5.75 Å². The van der Waals surface area contributed by atoms with Crippen molar-refractivity contribution in [1.29, 1.82) is 0 Å². The molecule has 0 radical (unpaired) electrons. The van der Waals surface area contributed by atoms with Gasteiger partial charge in [0.1, 0.15) is 5.75 Å². The molecule has 27 heavy (non-hydrogen) atoms. The summed E-state index contributed by atoms with van der Waals surface area (Å²) in [7, 11) is 1.55. The van der Waals surface area contributed by atoms with E-state index in [4.69, 9.17) is 9.47 Å². The average molecular weight is 381 g/mol. The molecule has 0 unspecified atom stereocenters. The quantitative estimate of drug-likeness (QED) is 0.745. The predicted octanol–water partition coefficient (Wildman–Crippen LogP) is 4.22. The van der Waals surface area contributed by atoms with E-state index in [0.717, 1.165) is 23.3 Å². The number of halogens is 3. The van der Waals surface area contributed by atoms with Crippen LogP contribution in [0, 0.1) is 0 Å². The monoisotopic (exact) mass is 381 g/mol. The van der Waals surface area contributed by atoms with Gasteiger partial charge in [-0.3, -0.25) is 4.79 Å². The normalized spacial score (nSPS) is 11.3. The largest absolute Gasteiger partial charge is 0.496 e. The third kappa shape index (κ3) is 5.99. The molecule has 0 aliphatic carbocycles. The number of rotatable bonds is 8. The van der Waals surface area contributed by atoms with Gasteiger partial charge in [-0.25, -0.2) is 0 Å². The van der Waals surface area contributed by atoms with Gasteiger partial charge in [-0.15, -0.1) is 0 Å². The van der Waals surface area contributed by atoms with E-state index >= 15 is 0 Å². The van der Waals surface area contributed by atoms with Crippen LogP contribution >= 0.6 is 0 Å². The van der Waals surface area contributed by atoms with Crippen LogP contribution in [0.5, 0.6) is 5.75 Å². The molecule has 2 aromatic rings. The van der Waals surface area contributed by atoms with Crippen LogP contribution in [0.3, 0.4) is 0 Å². The summed E-state index contributed by atoms with van der Waals surface area (Å²) in [4.78, 5) is 12.3. The first-order valence-corrected chi connectivity index (χ1v) is 8.54. The van der Waals surface area contributed by atoms with E-state index in [1.807, 2.05) is 6.92 Å². The molecule has 0 aliphatic rings. The van der Waals surface area contributed by atoms with E-state index in [1.54, 1.807) is 25.3 Å². The Bertz CT molecular complexity index is 758. The zero-order valence-corrected chi connectivity index (χ0v) is 15.2. The van der Waals surface area contributed by atoms with Crippen molar-refractivity contribution in [2.24, 2.45) is 0 Å². The predicted molar refractivity (Wildman–Crippen MR) is 95.8 cm³/mol. The fourth-order valence-corrected chi connectivity index (χ4v) is 2.53. The third-order valence-electron chi connectivity index (χ3n) is 3.98. The van der Waals surface area contributed by atoms with E-state index < -0.39 is 11.7 Å². The first-order chi connectivity index (χ1) is 12.8. The molecule has 0 bridgehead atoms. The Balaban J connectivity index is 1.93. The summed E-state index contributed by atoms with van der Waals surface area (Å²) < 4.78 is 48.3. The van der Waals surface area contributed by atoms with Crippen LogP contribution in [0.4, 0.5) is 13.2 Å². The third-order valence-corrected chi connectivity index (χ3v) is 3.98. The Hall–Kier alpha value is -2.54. The molecule has 1 N–H and O–H groups in total. The number of methoxy groups -OCH3 is 1. The molecule has 146 valence electrons. The lowest BCUT2D eigenvalue weighted by Crippen LogP contribution is -2.25. The first kappa shape index (κ1) is 20.8. The molecule has 0 spiro atoms. The number of hydrogen-bond acceptors (Lipinski definition) is 3. The summed E-state index contributed by atoms with van der Waals surface area (Å²) in [5.41, 5.74) is 1.28. The van der Waals surface area contributed by atoms with Gasteiger partial charge in [-0.05, 0) is 49.2 Å². The lowest BCUT2D eigenvalue weighted by molar-refractivity contribution is -0.137. The summed E-state index contributed by atoms with van der Waals surface area (Å²) in [6.45, 7) is 3.08. The number of carbonyl (C=O) groups is 1. The lowest BCUT2D eigenvalue weighted by atomic mass is 10.1. The highest BCUT2D eigenvalue weighted by Crippen LogP contribution is 2.29. The van der Waals surface area contributed by atoms with Crippen molar-refractivity contribution in [2.45, 2.75) is 26.1 Å². The van der Waals surface area contributed by atoms with E-state index in [0.29, 0.717) is 37.5 Å². The highest BCUT2D eigenvalue weighted by molar-refractivity contribution is 5.94. The fraction of sp³-hybridized carbons (Fsp3) is 0.350. The molecule has 0 aromatic heterocycles. The smallest absolute Gasteiger partial charge is 0.416 e. The molecule has 0 heterocycles. The second-order valence-corrected chi connectivity index (χ2v) is 5.86. The summed E-state index contributed by atoms with van der Waals surface area (Å²) in [6, 6.07) is 10.00. The summed E-state index contributed by atoms with van der Waals surface area (Å²) in [5.74, 6) is 0.382. The Kier molecular flexibility index (Phi) is 7.24. The number of ether oxygens (including phenoxy) is 2. The molecule has 0 fully saturated rings. The number of benzene rings is 2. The van der Waals surface area contributed by atoms with Gasteiger partial charge in [0.2, 0.25) is 0 Å². The molecule has 4 nitrogen and oxygen atoms in total. The number of nitrogens with one attached hydrogen (secondary N) is 1. The number of amides is 1. The maximum atomic E-state index is 12.6. The van der Waals surface area contributed by atoms with Gasteiger partial charge in [0.25, 0.3) is 5.91 Å². The SMILES string of the molecule is CCOCc1cc(C(=O)NCCc2ccc(C(F)(F)F)cc2)ccc1OC. The second kappa shape index (κ2) is 9.41. The van der Waals surface area contributed by atoms with Gasteiger partial charge in [0.15, 0.2) is 0 Å². The van der Waals surface area contributed by atoms with Crippen LogP contribution < -0.4 is 10.1 Å². The first-order valence-electron chi connectivity index (χ1n) is 8.54. The Morgan fingerprint density at radius 2 is 1.81 bits per heavy atom. The fourth-order valence-electron chi connectivity index (χ4n) is 2.53. The van der Waals surface area contributed by atoms with Gasteiger partial charge >= 0.3 is 6.18 Å². The van der Waals surface area contributed by atoms with E-state index in [2.05, 4.69) is 5.32 Å². The minimum absolute atomic E-state index is 0.262. The molecule has 0 atom stereocenters. The van der Waals surface area contributed by atoms with Crippen LogP contribution in [0.2, 0.25) is 0 Å². The lowest BCUT2D eigenvalue weighted by Gasteiger charge is -2.11. The second-order valence-electron chi connectivity index (χ2n) is 5.86. The Morgan fingerprint density at radius 3 is 2.41 bits per heavy atom. The molecular weight excluding hydrogens is 359 g/mol. The number of carbonyl (C=O) groups excluding carboxylic acids is 1. The van der Waals surface area contributed by atoms with Gasteiger partial charge < -0.3 is 14.8 Å². The number of alkyl halides is 3. The summed E-state index contributed by atoms with van der Waals surface area (Å²) in [6.07, 6.45) is -3.91. The summed E-state index contributed by atoms with van der Waals surface area (Å²) >= 11 is 0. The van der Waals surface area contributed by atoms with E-state index in [-0.39, 0.29) is 5.91 Å². The van der Waals surface area contributed by atoms with E-state index in [9.17, 15) is 18.0 Å². The zero-order valence-electron chi connectivity index (χ0n) is 15.2. The molecular formula is C20H22F3NO3. The highest BCUT2D eigenvalue weighted by Gasteiger charge is 2.29. The van der Waals surface area contributed by atoms with Crippen LogP contribution in [-0.2, 0) is 23.9 Å². The van der Waals surface area contributed by atoms with Crippen molar-refractivity contribution < 1.29 is 27.4 Å². The van der Waals surface area contributed by atoms with Gasteiger partial charge in [0, 0.05) is 24.3 Å². The Morgan fingerprint density at radius 1 is 1.11 bits per heavy atom. The maximum Gasteiger partial charge on any atom is 0.416 e. The van der Waals surface area contributed by atoms with Gasteiger partial charge in [-0.2, -0.15) is 13.2 Å². The van der Waals surface area contributed by atoms with Gasteiger partial charge in [0.05, 0.1) is 19.3 Å². The maximum absolute atomic E-state index is 12.6. The van der Waals surface area contributed by atoms with Crippen LogP contribution in [0.15, 0.2) is 42.5 Å². The van der Waals surface area contributed by atoms with Crippen molar-refractivity contribution in [1.82, 2.24) is 5.32 Å². The topological polar surface area (TPSA) is 47.6 Å². The minimum Gasteiger partial charge on any atom is -0.496 e. The van der Waals surface area contributed by atoms with Crippen molar-refractivity contribution in [2.75, 3.05) is 20.3 Å². The van der Waals surface area contributed by atoms with Crippen LogP contribution in [0.25, 0.3) is 0 Å². The molecule has 0 saturated carbocycles. The zero-order chi connectivity index (χ0) is 19.9. The molecule has 1 amide bonds. The molecule has 7 heteroatoms. The molecule has 0 aliphatic heterocycles. The standard InChI is InChI=1S/C20H22F3NO3/c1-3-27-13-16-12-15(6-9-18(16)26-2)19(25)24-11-10-14-4-7-17(8-5-14)20(21,22)23/h4-9,12H,3,10-11,13H2,1-2H3,(H,24,25). The molecule has 2 rings (SSSR count). The van der Waals surface area contributed by atoms with Crippen molar-refractivity contribution in [3.63, 3.8) is 0 Å². The molecule has 0 saturated heterocycles. The highest BCUT2D eigenvalue weighted by atomic mass is 19.4. The van der Waals surface area contributed by atoms with E-state index in [1.165, 1.54) is 12.1 Å². The average Bonchev–Trinajstić information content (AvgIpc) is 2.65. The van der Waals surface area contributed by atoms with Crippen LogP contribution in [0.1, 0.15) is 34.0 Å². The van der Waals surface area contributed by atoms with Crippen LogP contribution in [-0.4, -0.2) is 26.2 Å². The Labute approximate surface area is 156 Å². The number of hydrogen-bond donors (Lipinski definition) is 1. The van der Waals surface area contributed by atoms with Crippen molar-refractivity contribution >= 4 is 5.91 Å². The summed E-state index contributed by atoms with van der Waals surface area (Å²) in [5, 5.41) is 2.77.